The monoisotopic (exact) mass is 579 g/mol. The van der Waals surface area contributed by atoms with Crippen LogP contribution in [0.1, 0.15) is 0 Å². The fraction of sp³-hybridized carbons (Fsp3) is 0. The van der Waals surface area contributed by atoms with Crippen LogP contribution in [0.3, 0.4) is 0 Å². The van der Waals surface area contributed by atoms with Gasteiger partial charge in [0.25, 0.3) is 0 Å². The number of rotatable bonds is 3. The summed E-state index contributed by atoms with van der Waals surface area (Å²) in [6.45, 7) is 0. The predicted octanol–water partition coefficient (Wildman–Crippen LogP) is 5.55. The van der Waals surface area contributed by atoms with E-state index >= 15 is 0 Å². The van der Waals surface area contributed by atoms with E-state index in [-0.39, 0.29) is 20.1 Å². The van der Waals surface area contributed by atoms with Crippen LogP contribution in [0.2, 0.25) is 0 Å². The molecule has 0 saturated heterocycles. The van der Waals surface area contributed by atoms with E-state index in [9.17, 15) is 0 Å². The smallest absolute Gasteiger partial charge is 0.140 e. The van der Waals surface area contributed by atoms with E-state index < -0.39 is 0 Å². The van der Waals surface area contributed by atoms with Crippen molar-refractivity contribution >= 4 is 0 Å². The summed E-state index contributed by atoms with van der Waals surface area (Å²) in [5.41, 5.74) is 4.82. The normalized spacial score (nSPS) is 9.68. The second-order valence-electron chi connectivity index (χ2n) is 6.27. The predicted molar refractivity (Wildman–Crippen MR) is 118 cm³/mol. The maximum absolute atomic E-state index is 4.31. The molecule has 0 spiro atoms. The molecule has 0 aliphatic rings. The first-order chi connectivity index (χ1) is 14.9. The Balaban J connectivity index is 0.000000183. The number of pyridine rings is 2. The molecule has 0 saturated carbocycles. The molecule has 0 unspecified atom stereocenters. The van der Waals surface area contributed by atoms with Crippen LogP contribution in [0.15, 0.2) is 110 Å². The van der Waals surface area contributed by atoms with Gasteiger partial charge in [-0.1, -0.05) is 29.8 Å². The van der Waals surface area contributed by atoms with Crippen molar-refractivity contribution in [2.24, 2.45) is 0 Å². The zero-order valence-electron chi connectivity index (χ0n) is 16.5. The minimum Gasteiger partial charge on any atom is -0.305 e. The van der Waals surface area contributed by atoms with E-state index in [1.54, 1.807) is 30.9 Å². The van der Waals surface area contributed by atoms with E-state index in [1.165, 1.54) is 0 Å². The molecule has 0 aliphatic carbocycles. The zero-order chi connectivity index (χ0) is 20.4. The summed E-state index contributed by atoms with van der Waals surface area (Å²) in [4.78, 5) is 17.0. The first kappa shape index (κ1) is 22.2. The average Bonchev–Trinajstić information content (AvgIpc) is 2.87. The van der Waals surface area contributed by atoms with Crippen molar-refractivity contribution < 1.29 is 20.1 Å². The van der Waals surface area contributed by atoms with Crippen LogP contribution >= 0.6 is 0 Å². The quantitative estimate of drug-likeness (QED) is 0.264. The molecular formula is C26H18IrN4-2. The number of nitrogens with zero attached hydrogens (tertiary/aromatic N) is 4. The van der Waals surface area contributed by atoms with Gasteiger partial charge in [-0.3, -0.25) is 0 Å². The summed E-state index contributed by atoms with van der Waals surface area (Å²) in [6, 6.07) is 33.4. The van der Waals surface area contributed by atoms with Crippen molar-refractivity contribution in [1.82, 2.24) is 19.9 Å². The minimum absolute atomic E-state index is 0. The summed E-state index contributed by atoms with van der Waals surface area (Å²) < 4.78 is 0. The maximum Gasteiger partial charge on any atom is 0.140 e. The Bertz CT molecular complexity index is 1080. The Morgan fingerprint density at radius 2 is 1.13 bits per heavy atom. The SMILES string of the molecule is [Ir].[c-]1ccc(-c2ncccn2)cc1-c1ccccn1.[c-]1ccccc1-c1ccccn1. The fourth-order valence-corrected chi connectivity index (χ4v) is 2.80. The molecule has 5 rings (SSSR count). The third-order valence-electron chi connectivity index (χ3n) is 4.22. The molecule has 153 valence electrons. The summed E-state index contributed by atoms with van der Waals surface area (Å²) in [7, 11) is 0. The van der Waals surface area contributed by atoms with Crippen LogP contribution in [0.4, 0.5) is 0 Å². The van der Waals surface area contributed by atoms with Gasteiger partial charge in [-0.15, -0.1) is 65.7 Å². The number of benzene rings is 2. The summed E-state index contributed by atoms with van der Waals surface area (Å²) in [5, 5.41) is 0. The zero-order valence-corrected chi connectivity index (χ0v) is 18.9. The molecular weight excluding hydrogens is 561 g/mol. The van der Waals surface area contributed by atoms with Crippen molar-refractivity contribution in [1.29, 1.82) is 0 Å². The molecule has 3 heterocycles. The van der Waals surface area contributed by atoms with E-state index in [4.69, 9.17) is 0 Å². The second kappa shape index (κ2) is 11.6. The molecule has 4 nitrogen and oxygen atoms in total. The van der Waals surface area contributed by atoms with E-state index in [1.807, 2.05) is 78.9 Å². The van der Waals surface area contributed by atoms with Crippen LogP contribution in [0.25, 0.3) is 33.9 Å². The molecule has 31 heavy (non-hydrogen) atoms. The molecule has 0 atom stereocenters. The molecule has 0 fully saturated rings. The van der Waals surface area contributed by atoms with Gasteiger partial charge in [0.2, 0.25) is 0 Å². The minimum atomic E-state index is 0. The van der Waals surface area contributed by atoms with Gasteiger partial charge in [-0.25, -0.2) is 9.97 Å². The van der Waals surface area contributed by atoms with E-state index in [0.29, 0.717) is 5.82 Å². The third kappa shape index (κ3) is 6.22. The van der Waals surface area contributed by atoms with Crippen molar-refractivity contribution in [2.75, 3.05) is 0 Å². The summed E-state index contributed by atoms with van der Waals surface area (Å²) >= 11 is 0. The Kier molecular flexibility index (Phi) is 8.29. The molecule has 0 aliphatic heterocycles. The Hall–Kier alpha value is -3.53. The summed E-state index contributed by atoms with van der Waals surface area (Å²) in [6.07, 6.45) is 7.03. The average molecular weight is 579 g/mol. The first-order valence-electron chi connectivity index (χ1n) is 9.49. The van der Waals surface area contributed by atoms with Crippen molar-refractivity contribution in [3.8, 4) is 33.9 Å². The summed E-state index contributed by atoms with van der Waals surface area (Å²) in [5.74, 6) is 0.712. The number of hydrogen-bond acceptors (Lipinski definition) is 4. The van der Waals surface area contributed by atoms with Gasteiger partial charge < -0.3 is 9.97 Å². The van der Waals surface area contributed by atoms with Crippen LogP contribution in [-0.2, 0) is 20.1 Å². The standard InChI is InChI=1S/C15H10N3.C11H8N.Ir/c1-2-8-16-14(7-1)12-5-3-6-13(11-12)15-17-9-4-10-18-15;1-2-6-10(7-3-1)11-8-4-5-9-12-11;/h1-4,6-11H;1-6,8-9H;/q2*-1;. The largest absolute Gasteiger partial charge is 0.305 e. The molecule has 3 aromatic heterocycles. The molecule has 5 aromatic rings. The van der Waals surface area contributed by atoms with Gasteiger partial charge in [0, 0.05) is 44.9 Å². The number of hydrogen-bond donors (Lipinski definition) is 0. The second-order valence-corrected chi connectivity index (χ2v) is 6.27. The van der Waals surface area contributed by atoms with Crippen LogP contribution in [0, 0.1) is 12.1 Å². The maximum atomic E-state index is 4.31. The Morgan fingerprint density at radius 3 is 1.74 bits per heavy atom. The van der Waals surface area contributed by atoms with E-state index in [2.05, 4.69) is 32.1 Å². The Labute approximate surface area is 195 Å². The molecule has 0 bridgehead atoms. The van der Waals surface area contributed by atoms with Crippen molar-refractivity contribution in [2.45, 2.75) is 0 Å². The molecule has 0 amide bonds. The van der Waals surface area contributed by atoms with Crippen LogP contribution in [0.5, 0.6) is 0 Å². The molecule has 1 radical (unpaired) electrons. The van der Waals surface area contributed by atoms with Crippen molar-refractivity contribution in [3.05, 3.63) is 122 Å². The van der Waals surface area contributed by atoms with Gasteiger partial charge in [0.1, 0.15) is 5.82 Å². The van der Waals surface area contributed by atoms with Gasteiger partial charge in [-0.2, -0.15) is 0 Å². The van der Waals surface area contributed by atoms with Crippen molar-refractivity contribution in [3.63, 3.8) is 0 Å². The molecule has 5 heteroatoms. The molecule has 0 N–H and O–H groups in total. The first-order valence-corrected chi connectivity index (χ1v) is 9.49. The fourth-order valence-electron chi connectivity index (χ4n) is 2.80. The Morgan fingerprint density at radius 1 is 0.516 bits per heavy atom. The van der Waals surface area contributed by atoms with Gasteiger partial charge in [0.05, 0.1) is 0 Å². The van der Waals surface area contributed by atoms with Crippen LogP contribution < -0.4 is 0 Å². The third-order valence-corrected chi connectivity index (χ3v) is 4.22. The molecule has 2 aromatic carbocycles. The van der Waals surface area contributed by atoms with Gasteiger partial charge >= 0.3 is 0 Å². The van der Waals surface area contributed by atoms with Crippen LogP contribution in [-0.4, -0.2) is 19.9 Å². The topological polar surface area (TPSA) is 51.6 Å². The van der Waals surface area contributed by atoms with Gasteiger partial charge in [-0.05, 0) is 29.6 Å². The number of aromatic nitrogens is 4. The van der Waals surface area contributed by atoms with Gasteiger partial charge in [0.15, 0.2) is 0 Å². The van der Waals surface area contributed by atoms with E-state index in [0.717, 1.165) is 28.1 Å².